The Balaban J connectivity index is 1.38. The molecule has 9 heteroatoms. The highest BCUT2D eigenvalue weighted by Crippen LogP contribution is 2.25. The molecular weight excluding hydrogens is 452 g/mol. The van der Waals surface area contributed by atoms with E-state index >= 15 is 0 Å². The van der Waals surface area contributed by atoms with Gasteiger partial charge in [0.25, 0.3) is 0 Å². The number of nitrogens with zero attached hydrogens (tertiary/aromatic N) is 3. The van der Waals surface area contributed by atoms with Crippen LogP contribution in [0.25, 0.3) is 17.1 Å². The quantitative estimate of drug-likeness (QED) is 0.523. The standard InChI is InChI=1S/C25H30N4O4S/c1-3-28(4-2)34(32,33)21-12-9-19(10-13-21)11-14-24(30)27-17-15-20(16-18-27)29-23-8-6-5-7-22(23)26-25(29)31/h5-14,20H,3-4,15-18H2,1-2H3,(H,26,31)/b14-11+. The second kappa shape index (κ2) is 9.99. The number of para-hydroxylation sites is 2. The number of fused-ring (bicyclic) bond motifs is 1. The van der Waals surface area contributed by atoms with Crippen molar-refractivity contribution in [1.82, 2.24) is 18.8 Å². The van der Waals surface area contributed by atoms with Crippen LogP contribution in [0.4, 0.5) is 0 Å². The zero-order valence-corrected chi connectivity index (χ0v) is 20.3. The molecule has 8 nitrogen and oxygen atoms in total. The van der Waals surface area contributed by atoms with Gasteiger partial charge in [0.15, 0.2) is 0 Å². The number of piperidine rings is 1. The van der Waals surface area contributed by atoms with E-state index in [0.29, 0.717) is 39.0 Å². The van der Waals surface area contributed by atoms with E-state index in [1.54, 1.807) is 39.8 Å². The van der Waals surface area contributed by atoms with Gasteiger partial charge in [-0.25, -0.2) is 13.2 Å². The fourth-order valence-electron chi connectivity index (χ4n) is 4.52. The Labute approximate surface area is 199 Å². The largest absolute Gasteiger partial charge is 0.339 e. The predicted molar refractivity (Wildman–Crippen MR) is 133 cm³/mol. The number of imidazole rings is 1. The Bertz CT molecular complexity index is 1340. The van der Waals surface area contributed by atoms with Gasteiger partial charge in [-0.2, -0.15) is 4.31 Å². The summed E-state index contributed by atoms with van der Waals surface area (Å²) in [5.74, 6) is -0.0930. The first-order valence-corrected chi connectivity index (χ1v) is 13.1. The zero-order valence-electron chi connectivity index (χ0n) is 19.5. The smallest absolute Gasteiger partial charge is 0.326 e. The molecule has 1 aromatic heterocycles. The zero-order chi connectivity index (χ0) is 24.3. The van der Waals surface area contributed by atoms with Crippen molar-refractivity contribution in [1.29, 1.82) is 0 Å². The summed E-state index contributed by atoms with van der Waals surface area (Å²) in [7, 11) is -3.50. The van der Waals surface area contributed by atoms with Crippen molar-refractivity contribution in [3.05, 3.63) is 70.7 Å². The lowest BCUT2D eigenvalue weighted by Crippen LogP contribution is -2.39. The van der Waals surface area contributed by atoms with Gasteiger partial charge in [-0.3, -0.25) is 9.36 Å². The Morgan fingerprint density at radius 1 is 1.06 bits per heavy atom. The van der Waals surface area contributed by atoms with Crippen LogP contribution < -0.4 is 5.69 Å². The number of H-pyrrole nitrogens is 1. The maximum atomic E-state index is 12.7. The maximum absolute atomic E-state index is 12.7. The molecule has 4 rings (SSSR count). The summed E-state index contributed by atoms with van der Waals surface area (Å²) >= 11 is 0. The van der Waals surface area contributed by atoms with Crippen LogP contribution in [0.5, 0.6) is 0 Å². The Kier molecular flexibility index (Phi) is 7.04. The molecule has 0 unspecified atom stereocenters. The number of nitrogens with one attached hydrogen (secondary N) is 1. The van der Waals surface area contributed by atoms with Gasteiger partial charge in [0.2, 0.25) is 15.9 Å². The minimum Gasteiger partial charge on any atom is -0.339 e. The summed E-state index contributed by atoms with van der Waals surface area (Å²) in [4.78, 5) is 30.1. The van der Waals surface area contributed by atoms with Gasteiger partial charge in [0, 0.05) is 38.3 Å². The number of rotatable bonds is 7. The molecule has 0 bridgehead atoms. The third-order valence-electron chi connectivity index (χ3n) is 6.41. The van der Waals surface area contributed by atoms with Gasteiger partial charge in [0.05, 0.1) is 15.9 Å². The molecule has 2 aromatic carbocycles. The molecule has 180 valence electrons. The number of aromatic nitrogens is 2. The number of amides is 1. The van der Waals surface area contributed by atoms with Gasteiger partial charge in [-0.15, -0.1) is 0 Å². The number of benzene rings is 2. The second-order valence-corrected chi connectivity index (χ2v) is 10.3. The fraction of sp³-hybridized carbons (Fsp3) is 0.360. The first kappa shape index (κ1) is 24.0. The lowest BCUT2D eigenvalue weighted by atomic mass is 10.0. The lowest BCUT2D eigenvalue weighted by molar-refractivity contribution is -0.127. The Morgan fingerprint density at radius 3 is 2.35 bits per heavy atom. The molecular formula is C25H30N4O4S. The first-order valence-electron chi connectivity index (χ1n) is 11.6. The van der Waals surface area contributed by atoms with Crippen molar-refractivity contribution in [2.45, 2.75) is 37.6 Å². The van der Waals surface area contributed by atoms with E-state index in [2.05, 4.69) is 4.98 Å². The third-order valence-corrected chi connectivity index (χ3v) is 8.47. The SMILES string of the molecule is CCN(CC)S(=O)(=O)c1ccc(/C=C/C(=O)N2CCC(n3c(=O)[nH]c4ccccc43)CC2)cc1. The Morgan fingerprint density at radius 2 is 1.71 bits per heavy atom. The fourth-order valence-corrected chi connectivity index (χ4v) is 5.98. The van der Waals surface area contributed by atoms with Crippen LogP contribution in [0, 0.1) is 0 Å². The van der Waals surface area contributed by atoms with E-state index in [-0.39, 0.29) is 22.5 Å². The Hall–Kier alpha value is -3.17. The molecule has 1 fully saturated rings. The van der Waals surface area contributed by atoms with E-state index in [1.165, 1.54) is 10.4 Å². The molecule has 0 aliphatic carbocycles. The van der Waals surface area contributed by atoms with E-state index in [1.807, 2.05) is 38.1 Å². The molecule has 1 N–H and O–H groups in total. The number of likely N-dealkylation sites (tertiary alicyclic amines) is 1. The van der Waals surface area contributed by atoms with Crippen molar-refractivity contribution in [3.8, 4) is 0 Å². The molecule has 1 amide bonds. The molecule has 1 aliphatic heterocycles. The minimum absolute atomic E-state index is 0.0528. The number of sulfonamides is 1. The number of carbonyl (C=O) groups is 1. The number of hydrogen-bond acceptors (Lipinski definition) is 4. The van der Waals surface area contributed by atoms with Gasteiger partial charge < -0.3 is 9.88 Å². The van der Waals surface area contributed by atoms with E-state index in [0.717, 1.165) is 16.6 Å². The van der Waals surface area contributed by atoms with E-state index in [9.17, 15) is 18.0 Å². The van der Waals surface area contributed by atoms with Crippen molar-refractivity contribution < 1.29 is 13.2 Å². The molecule has 2 heterocycles. The predicted octanol–water partition coefficient (Wildman–Crippen LogP) is 3.24. The van der Waals surface area contributed by atoms with Crippen LogP contribution >= 0.6 is 0 Å². The summed E-state index contributed by atoms with van der Waals surface area (Å²) in [6, 6.07) is 14.2. The van der Waals surface area contributed by atoms with Crippen LogP contribution in [0.2, 0.25) is 0 Å². The van der Waals surface area contributed by atoms with Crippen LogP contribution in [-0.2, 0) is 14.8 Å². The summed E-state index contributed by atoms with van der Waals surface area (Å²) < 4.78 is 28.4. The monoisotopic (exact) mass is 482 g/mol. The highest BCUT2D eigenvalue weighted by atomic mass is 32.2. The van der Waals surface area contributed by atoms with Crippen LogP contribution in [0.3, 0.4) is 0 Å². The molecule has 1 aliphatic rings. The average molecular weight is 483 g/mol. The van der Waals surface area contributed by atoms with Crippen LogP contribution in [-0.4, -0.2) is 59.3 Å². The van der Waals surface area contributed by atoms with Crippen molar-refractivity contribution in [3.63, 3.8) is 0 Å². The molecule has 34 heavy (non-hydrogen) atoms. The molecule has 0 saturated carbocycles. The summed E-state index contributed by atoms with van der Waals surface area (Å²) in [5.41, 5.74) is 2.36. The van der Waals surface area contributed by atoms with E-state index < -0.39 is 10.0 Å². The first-order chi connectivity index (χ1) is 16.3. The summed E-state index contributed by atoms with van der Waals surface area (Å²) in [6.07, 6.45) is 4.64. The number of aromatic amines is 1. The highest BCUT2D eigenvalue weighted by Gasteiger charge is 2.25. The topological polar surface area (TPSA) is 95.5 Å². The van der Waals surface area contributed by atoms with Gasteiger partial charge >= 0.3 is 5.69 Å². The van der Waals surface area contributed by atoms with Gasteiger partial charge in [-0.1, -0.05) is 38.1 Å². The van der Waals surface area contributed by atoms with Crippen LogP contribution in [0.15, 0.2) is 64.3 Å². The maximum Gasteiger partial charge on any atom is 0.326 e. The third kappa shape index (κ3) is 4.71. The number of carbonyl (C=O) groups excluding carboxylic acids is 1. The van der Waals surface area contributed by atoms with Crippen molar-refractivity contribution >= 4 is 33.0 Å². The second-order valence-electron chi connectivity index (χ2n) is 8.37. The molecule has 1 saturated heterocycles. The molecule has 0 radical (unpaired) electrons. The van der Waals surface area contributed by atoms with Gasteiger partial charge in [0.1, 0.15) is 0 Å². The molecule has 0 spiro atoms. The minimum atomic E-state index is -3.50. The van der Waals surface area contributed by atoms with E-state index in [4.69, 9.17) is 0 Å². The summed E-state index contributed by atoms with van der Waals surface area (Å²) in [5, 5.41) is 0. The van der Waals surface area contributed by atoms with Crippen LogP contribution in [0.1, 0.15) is 38.3 Å². The summed E-state index contributed by atoms with van der Waals surface area (Å²) in [6.45, 7) is 5.60. The molecule has 0 atom stereocenters. The van der Waals surface area contributed by atoms with Gasteiger partial charge in [-0.05, 0) is 48.7 Å². The molecule has 3 aromatic rings. The highest BCUT2D eigenvalue weighted by molar-refractivity contribution is 7.89. The lowest BCUT2D eigenvalue weighted by Gasteiger charge is -2.32. The van der Waals surface area contributed by atoms with Crippen molar-refractivity contribution in [2.24, 2.45) is 0 Å². The normalized spacial score (nSPS) is 15.6. The average Bonchev–Trinajstić information content (AvgIpc) is 3.19. The van der Waals surface area contributed by atoms with Crippen molar-refractivity contribution in [2.75, 3.05) is 26.2 Å². The number of hydrogen-bond donors (Lipinski definition) is 1.